The van der Waals surface area contributed by atoms with Gasteiger partial charge in [0, 0.05) is 6.54 Å². The van der Waals surface area contributed by atoms with Gasteiger partial charge in [-0.2, -0.15) is 0 Å². The summed E-state index contributed by atoms with van der Waals surface area (Å²) in [6, 6.07) is 6.34. The van der Waals surface area contributed by atoms with Crippen LogP contribution in [0, 0.1) is 0 Å². The maximum atomic E-state index is 12.1. The SMILES string of the molecule is CCNCCCN1C(=O)c2ccccc2S1(=O)=O. The molecule has 0 saturated carbocycles. The van der Waals surface area contributed by atoms with Crippen molar-refractivity contribution in [1.82, 2.24) is 9.62 Å². The third kappa shape index (κ3) is 2.13. The summed E-state index contributed by atoms with van der Waals surface area (Å²) in [4.78, 5) is 12.1. The molecule has 0 radical (unpaired) electrons. The minimum Gasteiger partial charge on any atom is -0.317 e. The van der Waals surface area contributed by atoms with Gasteiger partial charge in [-0.1, -0.05) is 19.1 Å². The highest BCUT2D eigenvalue weighted by Gasteiger charge is 2.40. The Balaban J connectivity index is 2.18. The van der Waals surface area contributed by atoms with Crippen LogP contribution in [0.3, 0.4) is 0 Å². The molecule has 0 saturated heterocycles. The lowest BCUT2D eigenvalue weighted by Crippen LogP contribution is -2.32. The molecule has 18 heavy (non-hydrogen) atoms. The molecule has 0 bridgehead atoms. The van der Waals surface area contributed by atoms with Gasteiger partial charge in [-0.3, -0.25) is 4.79 Å². The first-order chi connectivity index (χ1) is 8.59. The predicted octanol–water partition coefficient (Wildman–Crippen LogP) is 0.831. The molecular formula is C12H16N2O3S. The Morgan fingerprint density at radius 1 is 1.28 bits per heavy atom. The summed E-state index contributed by atoms with van der Waals surface area (Å²) in [7, 11) is -3.63. The fourth-order valence-corrected chi connectivity index (χ4v) is 3.58. The van der Waals surface area contributed by atoms with Crippen LogP contribution in [-0.2, 0) is 10.0 Å². The van der Waals surface area contributed by atoms with Crippen molar-refractivity contribution in [3.05, 3.63) is 29.8 Å². The van der Waals surface area contributed by atoms with Crippen LogP contribution in [0.4, 0.5) is 0 Å². The van der Waals surface area contributed by atoms with Gasteiger partial charge in [-0.05, 0) is 31.6 Å². The fourth-order valence-electron chi connectivity index (χ4n) is 1.98. The molecule has 1 aliphatic heterocycles. The van der Waals surface area contributed by atoms with E-state index in [4.69, 9.17) is 0 Å². The highest BCUT2D eigenvalue weighted by atomic mass is 32.2. The molecule has 1 N–H and O–H groups in total. The molecule has 98 valence electrons. The largest absolute Gasteiger partial charge is 0.317 e. The Morgan fingerprint density at radius 3 is 2.67 bits per heavy atom. The van der Waals surface area contributed by atoms with Crippen LogP contribution in [0.25, 0.3) is 0 Å². The number of carbonyl (C=O) groups excluding carboxylic acids is 1. The number of hydrogen-bond acceptors (Lipinski definition) is 4. The molecule has 2 rings (SSSR count). The van der Waals surface area contributed by atoms with Crippen LogP contribution in [0.2, 0.25) is 0 Å². The molecule has 1 aromatic carbocycles. The highest BCUT2D eigenvalue weighted by Crippen LogP contribution is 2.29. The summed E-state index contributed by atoms with van der Waals surface area (Å²) < 4.78 is 25.3. The molecule has 1 aromatic rings. The first-order valence-corrected chi connectivity index (χ1v) is 7.40. The average molecular weight is 268 g/mol. The molecule has 0 aromatic heterocycles. The topological polar surface area (TPSA) is 66.5 Å². The van der Waals surface area contributed by atoms with E-state index in [1.54, 1.807) is 18.2 Å². The normalized spacial score (nSPS) is 16.9. The molecule has 1 amide bonds. The van der Waals surface area contributed by atoms with Crippen molar-refractivity contribution in [3.63, 3.8) is 0 Å². The van der Waals surface area contributed by atoms with Gasteiger partial charge in [-0.15, -0.1) is 0 Å². The standard InChI is InChI=1S/C12H16N2O3S/c1-2-13-8-5-9-14-12(15)10-6-3-4-7-11(10)18(14,16)17/h3-4,6-7,13H,2,5,8-9H2,1H3. The van der Waals surface area contributed by atoms with E-state index >= 15 is 0 Å². The average Bonchev–Trinajstić information content (AvgIpc) is 2.55. The molecule has 1 heterocycles. The minimum atomic E-state index is -3.63. The van der Waals surface area contributed by atoms with Crippen LogP contribution in [-0.4, -0.2) is 38.3 Å². The number of amides is 1. The van der Waals surface area contributed by atoms with E-state index < -0.39 is 15.9 Å². The maximum absolute atomic E-state index is 12.1. The van der Waals surface area contributed by atoms with Crippen molar-refractivity contribution in [1.29, 1.82) is 0 Å². The number of carbonyl (C=O) groups is 1. The van der Waals surface area contributed by atoms with Crippen LogP contribution in [0.5, 0.6) is 0 Å². The van der Waals surface area contributed by atoms with Gasteiger partial charge in [0.25, 0.3) is 15.9 Å². The summed E-state index contributed by atoms with van der Waals surface area (Å²) in [5.74, 6) is -0.415. The molecule has 1 aliphatic rings. The zero-order chi connectivity index (χ0) is 13.2. The first kappa shape index (κ1) is 13.0. The molecule has 0 spiro atoms. The van der Waals surface area contributed by atoms with Crippen molar-refractivity contribution >= 4 is 15.9 Å². The van der Waals surface area contributed by atoms with Crippen molar-refractivity contribution in [3.8, 4) is 0 Å². The quantitative estimate of drug-likeness (QED) is 0.803. The second-order valence-corrected chi connectivity index (χ2v) is 5.92. The molecule has 0 atom stereocenters. The Labute approximate surface area is 107 Å². The van der Waals surface area contributed by atoms with Crippen molar-refractivity contribution in [2.24, 2.45) is 0 Å². The van der Waals surface area contributed by atoms with Gasteiger partial charge in [0.1, 0.15) is 4.90 Å². The number of fused-ring (bicyclic) bond motifs is 1. The molecule has 6 heteroatoms. The van der Waals surface area contributed by atoms with E-state index in [1.165, 1.54) is 6.07 Å². The molecule has 0 fully saturated rings. The van der Waals surface area contributed by atoms with Crippen LogP contribution < -0.4 is 5.32 Å². The number of hydrogen-bond donors (Lipinski definition) is 1. The third-order valence-corrected chi connectivity index (χ3v) is 4.72. The van der Waals surface area contributed by atoms with E-state index in [9.17, 15) is 13.2 Å². The van der Waals surface area contributed by atoms with E-state index in [0.717, 1.165) is 10.8 Å². The summed E-state index contributed by atoms with van der Waals surface area (Å²) >= 11 is 0. The summed E-state index contributed by atoms with van der Waals surface area (Å²) in [6.45, 7) is 3.74. The second kappa shape index (κ2) is 5.07. The maximum Gasteiger partial charge on any atom is 0.269 e. The lowest BCUT2D eigenvalue weighted by Gasteiger charge is -2.14. The van der Waals surface area contributed by atoms with Gasteiger partial charge < -0.3 is 5.32 Å². The molecule has 0 aliphatic carbocycles. The number of benzene rings is 1. The fraction of sp³-hybridized carbons (Fsp3) is 0.417. The van der Waals surface area contributed by atoms with Crippen LogP contribution in [0.1, 0.15) is 23.7 Å². The van der Waals surface area contributed by atoms with E-state index in [2.05, 4.69) is 5.32 Å². The number of rotatable bonds is 5. The third-order valence-electron chi connectivity index (χ3n) is 2.88. The zero-order valence-corrected chi connectivity index (χ0v) is 11.0. The van der Waals surface area contributed by atoms with E-state index in [0.29, 0.717) is 13.0 Å². The Hall–Kier alpha value is -1.40. The zero-order valence-electron chi connectivity index (χ0n) is 10.2. The first-order valence-electron chi connectivity index (χ1n) is 5.96. The smallest absolute Gasteiger partial charge is 0.269 e. The van der Waals surface area contributed by atoms with Crippen molar-refractivity contribution in [2.75, 3.05) is 19.6 Å². The van der Waals surface area contributed by atoms with E-state index in [1.807, 2.05) is 6.92 Å². The number of nitrogens with one attached hydrogen (secondary N) is 1. The lowest BCUT2D eigenvalue weighted by atomic mass is 10.2. The van der Waals surface area contributed by atoms with Gasteiger partial charge in [0.2, 0.25) is 0 Å². The molecule has 5 nitrogen and oxygen atoms in total. The van der Waals surface area contributed by atoms with Crippen LogP contribution >= 0.6 is 0 Å². The molecule has 0 unspecified atom stereocenters. The summed E-state index contributed by atoms with van der Waals surface area (Å²) in [6.07, 6.45) is 0.618. The highest BCUT2D eigenvalue weighted by molar-refractivity contribution is 7.90. The Bertz CT molecular complexity index is 554. The predicted molar refractivity (Wildman–Crippen MR) is 67.8 cm³/mol. The Morgan fingerprint density at radius 2 is 2.00 bits per heavy atom. The Kier molecular flexibility index (Phi) is 3.68. The van der Waals surface area contributed by atoms with Gasteiger partial charge in [0.05, 0.1) is 5.56 Å². The lowest BCUT2D eigenvalue weighted by molar-refractivity contribution is 0.0870. The van der Waals surface area contributed by atoms with Crippen LogP contribution in [0.15, 0.2) is 29.2 Å². The van der Waals surface area contributed by atoms with Gasteiger partial charge in [-0.25, -0.2) is 12.7 Å². The second-order valence-electron chi connectivity index (χ2n) is 4.09. The molecular weight excluding hydrogens is 252 g/mol. The van der Waals surface area contributed by atoms with Gasteiger partial charge in [0.15, 0.2) is 0 Å². The monoisotopic (exact) mass is 268 g/mol. The number of sulfonamides is 1. The minimum absolute atomic E-state index is 0.124. The summed E-state index contributed by atoms with van der Waals surface area (Å²) in [5.41, 5.74) is 0.279. The van der Waals surface area contributed by atoms with Crippen molar-refractivity contribution < 1.29 is 13.2 Å². The van der Waals surface area contributed by atoms with E-state index in [-0.39, 0.29) is 17.0 Å². The summed E-state index contributed by atoms with van der Waals surface area (Å²) in [5, 5.41) is 3.10. The number of nitrogens with zero attached hydrogens (tertiary/aromatic N) is 1. The van der Waals surface area contributed by atoms with Crippen molar-refractivity contribution in [2.45, 2.75) is 18.2 Å². The van der Waals surface area contributed by atoms with Gasteiger partial charge >= 0.3 is 0 Å².